The quantitative estimate of drug-likeness (QED) is 0.533. The molecule has 0 saturated carbocycles. The summed E-state index contributed by atoms with van der Waals surface area (Å²) in [5, 5.41) is 0.508. The van der Waals surface area contributed by atoms with Crippen LogP contribution in [0.5, 0.6) is 17.2 Å². The minimum absolute atomic E-state index is 0.00772. The standard InChI is InChI=1S/C27H35ClN2O5/c1-19(2)15-30(16-20-13-22(28)26-24(14-20)33-10-6-11-35-26)27(31)25-18-29(9-12-34-25)17-21-7-4-5-8-23(21)32-3/h4-5,7-8,13-14,19,25H,6,9-12,15-18H2,1-3H3/t25-/m1/s1. The van der Waals surface area contributed by atoms with Gasteiger partial charge in [0, 0.05) is 44.7 Å². The molecule has 2 aliphatic heterocycles. The van der Waals surface area contributed by atoms with Crippen LogP contribution in [-0.4, -0.2) is 68.4 Å². The van der Waals surface area contributed by atoms with Gasteiger partial charge in [-0.2, -0.15) is 0 Å². The van der Waals surface area contributed by atoms with Crippen molar-refractivity contribution in [2.24, 2.45) is 5.92 Å². The van der Waals surface area contributed by atoms with Crippen LogP contribution in [-0.2, 0) is 22.6 Å². The van der Waals surface area contributed by atoms with Gasteiger partial charge in [0.2, 0.25) is 0 Å². The molecule has 4 rings (SSSR count). The summed E-state index contributed by atoms with van der Waals surface area (Å²) in [6.07, 6.45) is 0.288. The van der Waals surface area contributed by atoms with Crippen molar-refractivity contribution in [1.29, 1.82) is 0 Å². The minimum atomic E-state index is -0.520. The topological polar surface area (TPSA) is 60.5 Å². The van der Waals surface area contributed by atoms with E-state index in [1.54, 1.807) is 7.11 Å². The molecule has 2 aromatic carbocycles. The third-order valence-electron chi connectivity index (χ3n) is 6.15. The summed E-state index contributed by atoms with van der Waals surface area (Å²) in [5.74, 6) is 2.38. The van der Waals surface area contributed by atoms with Crippen LogP contribution >= 0.6 is 11.6 Å². The zero-order valence-electron chi connectivity index (χ0n) is 20.8. The number of methoxy groups -OCH3 is 1. The monoisotopic (exact) mass is 502 g/mol. The minimum Gasteiger partial charge on any atom is -0.496 e. The predicted octanol–water partition coefficient (Wildman–Crippen LogP) is 4.40. The third-order valence-corrected chi connectivity index (χ3v) is 6.43. The number of fused-ring (bicyclic) bond motifs is 1. The van der Waals surface area contributed by atoms with Crippen molar-refractivity contribution in [3.05, 3.63) is 52.5 Å². The molecule has 1 saturated heterocycles. The molecule has 35 heavy (non-hydrogen) atoms. The number of rotatable bonds is 8. The molecule has 0 spiro atoms. The Labute approximate surface area is 212 Å². The van der Waals surface area contributed by atoms with Gasteiger partial charge in [-0.25, -0.2) is 0 Å². The van der Waals surface area contributed by atoms with Crippen molar-refractivity contribution >= 4 is 17.5 Å². The molecule has 190 valence electrons. The lowest BCUT2D eigenvalue weighted by atomic mass is 10.1. The number of hydrogen-bond donors (Lipinski definition) is 0. The first-order valence-corrected chi connectivity index (χ1v) is 12.6. The summed E-state index contributed by atoms with van der Waals surface area (Å²) in [4.78, 5) is 17.8. The molecule has 2 aromatic rings. The largest absolute Gasteiger partial charge is 0.496 e. The molecule has 8 heteroatoms. The highest BCUT2D eigenvalue weighted by Gasteiger charge is 2.31. The van der Waals surface area contributed by atoms with Crippen molar-refractivity contribution in [2.45, 2.75) is 39.5 Å². The Bertz CT molecular complexity index is 1020. The van der Waals surface area contributed by atoms with Gasteiger partial charge in [0.15, 0.2) is 11.5 Å². The number of para-hydroxylation sites is 1. The van der Waals surface area contributed by atoms with Gasteiger partial charge in [-0.3, -0.25) is 9.69 Å². The van der Waals surface area contributed by atoms with Gasteiger partial charge in [0.25, 0.3) is 5.91 Å². The van der Waals surface area contributed by atoms with Gasteiger partial charge in [0.05, 0.1) is 32.0 Å². The van der Waals surface area contributed by atoms with Gasteiger partial charge in [0.1, 0.15) is 11.9 Å². The Hall–Kier alpha value is -2.48. The van der Waals surface area contributed by atoms with Gasteiger partial charge in [-0.1, -0.05) is 43.6 Å². The van der Waals surface area contributed by atoms with Gasteiger partial charge in [-0.05, 0) is 29.7 Å². The zero-order valence-corrected chi connectivity index (χ0v) is 21.6. The van der Waals surface area contributed by atoms with Crippen LogP contribution in [0.4, 0.5) is 0 Å². The van der Waals surface area contributed by atoms with E-state index in [2.05, 4.69) is 24.8 Å². The van der Waals surface area contributed by atoms with E-state index >= 15 is 0 Å². The number of ether oxygens (including phenoxy) is 4. The highest BCUT2D eigenvalue weighted by atomic mass is 35.5. The molecule has 0 bridgehead atoms. The maximum Gasteiger partial charge on any atom is 0.253 e. The fourth-order valence-corrected chi connectivity index (χ4v) is 4.83. The number of morpholine rings is 1. The Morgan fingerprint density at radius 2 is 2.00 bits per heavy atom. The Morgan fingerprint density at radius 1 is 1.20 bits per heavy atom. The lowest BCUT2D eigenvalue weighted by Crippen LogP contribution is -2.51. The Kier molecular flexibility index (Phi) is 8.76. The summed E-state index contributed by atoms with van der Waals surface area (Å²) in [6.45, 7) is 8.95. The van der Waals surface area contributed by atoms with E-state index < -0.39 is 6.10 Å². The molecule has 1 fully saturated rings. The Morgan fingerprint density at radius 3 is 2.80 bits per heavy atom. The highest BCUT2D eigenvalue weighted by molar-refractivity contribution is 6.32. The molecule has 0 unspecified atom stereocenters. The van der Waals surface area contributed by atoms with Crippen molar-refractivity contribution < 1.29 is 23.7 Å². The summed E-state index contributed by atoms with van der Waals surface area (Å²) in [5.41, 5.74) is 2.01. The molecule has 1 amide bonds. The smallest absolute Gasteiger partial charge is 0.253 e. The summed E-state index contributed by atoms with van der Waals surface area (Å²) >= 11 is 6.51. The van der Waals surface area contributed by atoms with E-state index in [4.69, 9.17) is 30.5 Å². The normalized spacial score (nSPS) is 18.3. The first-order chi connectivity index (χ1) is 16.9. The number of nitrogens with zero attached hydrogens (tertiary/aromatic N) is 2. The second-order valence-electron chi connectivity index (χ2n) is 9.47. The average molecular weight is 503 g/mol. The van der Waals surface area contributed by atoms with E-state index in [0.29, 0.717) is 68.4 Å². The number of halogens is 1. The maximum atomic E-state index is 13.6. The van der Waals surface area contributed by atoms with E-state index in [1.807, 2.05) is 35.2 Å². The van der Waals surface area contributed by atoms with E-state index in [9.17, 15) is 4.79 Å². The summed E-state index contributed by atoms with van der Waals surface area (Å²) < 4.78 is 23.1. The van der Waals surface area contributed by atoms with Crippen LogP contribution in [0.3, 0.4) is 0 Å². The lowest BCUT2D eigenvalue weighted by molar-refractivity contribution is -0.151. The molecule has 0 aromatic heterocycles. The van der Waals surface area contributed by atoms with E-state index in [1.165, 1.54) is 0 Å². The number of hydrogen-bond acceptors (Lipinski definition) is 6. The fraction of sp³-hybridized carbons (Fsp3) is 0.519. The zero-order chi connectivity index (χ0) is 24.8. The number of amides is 1. The van der Waals surface area contributed by atoms with Crippen molar-refractivity contribution in [3.8, 4) is 17.2 Å². The highest BCUT2D eigenvalue weighted by Crippen LogP contribution is 2.38. The lowest BCUT2D eigenvalue weighted by Gasteiger charge is -2.36. The van der Waals surface area contributed by atoms with Gasteiger partial charge in [-0.15, -0.1) is 0 Å². The number of carbonyl (C=O) groups excluding carboxylic acids is 1. The first kappa shape index (κ1) is 25.6. The number of carbonyl (C=O) groups is 1. The van der Waals surface area contributed by atoms with Crippen LogP contribution in [0.15, 0.2) is 36.4 Å². The molecule has 7 nitrogen and oxygen atoms in total. The van der Waals surface area contributed by atoms with Crippen molar-refractivity contribution in [1.82, 2.24) is 9.80 Å². The maximum absolute atomic E-state index is 13.6. The molecule has 1 atom stereocenters. The Balaban J connectivity index is 1.47. The number of benzene rings is 2. The average Bonchev–Trinajstić information content (AvgIpc) is 3.09. The van der Waals surface area contributed by atoms with E-state index in [-0.39, 0.29) is 5.91 Å². The van der Waals surface area contributed by atoms with Crippen LogP contribution in [0, 0.1) is 5.92 Å². The molecule has 0 aliphatic carbocycles. The summed E-state index contributed by atoms with van der Waals surface area (Å²) in [6, 6.07) is 11.8. The molecule has 0 N–H and O–H groups in total. The SMILES string of the molecule is COc1ccccc1CN1CCO[C@@H](C(=O)N(Cc2cc(Cl)c3c(c2)OCCCO3)CC(C)C)C1. The second kappa shape index (κ2) is 12.0. The van der Waals surface area contributed by atoms with Crippen LogP contribution in [0.2, 0.25) is 5.02 Å². The first-order valence-electron chi connectivity index (χ1n) is 12.3. The van der Waals surface area contributed by atoms with E-state index in [0.717, 1.165) is 29.8 Å². The van der Waals surface area contributed by atoms with Crippen molar-refractivity contribution in [2.75, 3.05) is 46.6 Å². The van der Waals surface area contributed by atoms with Crippen LogP contribution < -0.4 is 14.2 Å². The van der Waals surface area contributed by atoms with Crippen molar-refractivity contribution in [3.63, 3.8) is 0 Å². The molecule has 2 aliphatic rings. The third kappa shape index (κ3) is 6.60. The fourth-order valence-electron chi connectivity index (χ4n) is 4.54. The molecular weight excluding hydrogens is 468 g/mol. The van der Waals surface area contributed by atoms with Crippen LogP contribution in [0.25, 0.3) is 0 Å². The molecule has 2 heterocycles. The summed E-state index contributed by atoms with van der Waals surface area (Å²) in [7, 11) is 1.68. The van der Waals surface area contributed by atoms with Gasteiger partial charge < -0.3 is 23.8 Å². The van der Waals surface area contributed by atoms with Gasteiger partial charge >= 0.3 is 0 Å². The second-order valence-corrected chi connectivity index (χ2v) is 9.88. The molecular formula is C27H35ClN2O5. The van der Waals surface area contributed by atoms with Crippen LogP contribution in [0.1, 0.15) is 31.4 Å². The molecule has 0 radical (unpaired) electrons. The predicted molar refractivity (Wildman–Crippen MR) is 135 cm³/mol.